The highest BCUT2D eigenvalue weighted by Gasteiger charge is 2.22. The molecule has 3 nitrogen and oxygen atoms in total. The lowest BCUT2D eigenvalue weighted by atomic mass is 10.1. The molecule has 1 aromatic heterocycles. The highest BCUT2D eigenvalue weighted by molar-refractivity contribution is 7.91. The van der Waals surface area contributed by atoms with Gasteiger partial charge in [0.05, 0.1) is 21.0 Å². The summed E-state index contributed by atoms with van der Waals surface area (Å²) in [6.07, 6.45) is 0. The summed E-state index contributed by atoms with van der Waals surface area (Å²) in [5, 5.41) is 0.632. The topological polar surface area (TPSA) is 47.0 Å². The molecule has 128 valence electrons. The van der Waals surface area contributed by atoms with Crippen molar-refractivity contribution in [3.8, 4) is 11.3 Å². The monoisotopic (exact) mass is 359 g/mol. The van der Waals surface area contributed by atoms with Crippen LogP contribution in [0.4, 0.5) is 0 Å². The first-order valence-corrected chi connectivity index (χ1v) is 9.81. The van der Waals surface area contributed by atoms with Crippen LogP contribution >= 0.6 is 0 Å². The predicted octanol–water partition coefficient (Wildman–Crippen LogP) is 5.04. The van der Waals surface area contributed by atoms with Crippen LogP contribution in [-0.4, -0.2) is 13.4 Å². The summed E-state index contributed by atoms with van der Waals surface area (Å²) in [5.41, 5.74) is 3.22. The normalized spacial score (nSPS) is 11.6. The van der Waals surface area contributed by atoms with Gasteiger partial charge in [0.15, 0.2) is 0 Å². The van der Waals surface area contributed by atoms with Gasteiger partial charge < -0.3 is 0 Å². The van der Waals surface area contributed by atoms with E-state index in [1.165, 1.54) is 0 Å². The quantitative estimate of drug-likeness (QED) is 0.515. The first-order chi connectivity index (χ1) is 12.6. The van der Waals surface area contributed by atoms with Crippen molar-refractivity contribution in [2.45, 2.75) is 16.7 Å². The number of pyridine rings is 1. The summed E-state index contributed by atoms with van der Waals surface area (Å²) in [6, 6.07) is 25.6. The van der Waals surface area contributed by atoms with E-state index in [1.54, 1.807) is 24.3 Å². The van der Waals surface area contributed by atoms with E-state index in [0.29, 0.717) is 21.5 Å². The summed E-state index contributed by atoms with van der Waals surface area (Å²) in [5.74, 6) is 0. The fraction of sp³-hybridized carbons (Fsp3) is 0.0455. The van der Waals surface area contributed by atoms with Crippen LogP contribution < -0.4 is 0 Å². The largest absolute Gasteiger partial charge is 0.248 e. The van der Waals surface area contributed by atoms with Crippen molar-refractivity contribution in [1.82, 2.24) is 4.98 Å². The van der Waals surface area contributed by atoms with Gasteiger partial charge in [-0.1, -0.05) is 66.2 Å². The fourth-order valence-corrected chi connectivity index (χ4v) is 4.44. The van der Waals surface area contributed by atoms with E-state index in [1.807, 2.05) is 67.6 Å². The molecular formula is C22H17NO2S. The second-order valence-corrected chi connectivity index (χ2v) is 8.12. The highest BCUT2D eigenvalue weighted by atomic mass is 32.2. The van der Waals surface area contributed by atoms with Gasteiger partial charge in [-0.25, -0.2) is 13.4 Å². The summed E-state index contributed by atoms with van der Waals surface area (Å²) < 4.78 is 26.6. The summed E-state index contributed by atoms with van der Waals surface area (Å²) in [7, 11) is -3.65. The maximum Gasteiger partial charge on any atom is 0.207 e. The van der Waals surface area contributed by atoms with E-state index in [-0.39, 0.29) is 4.90 Å². The number of benzene rings is 3. The number of hydrogen-bond donors (Lipinski definition) is 0. The summed E-state index contributed by atoms with van der Waals surface area (Å²) in [4.78, 5) is 5.24. The van der Waals surface area contributed by atoms with E-state index >= 15 is 0 Å². The SMILES string of the molecule is Cc1ccc(S(=O)(=O)c2cc(-c3ccccc3)nc3ccccc23)cc1. The maximum atomic E-state index is 13.3. The van der Waals surface area contributed by atoms with Crippen LogP contribution in [0.25, 0.3) is 22.2 Å². The number of para-hydroxylation sites is 1. The Kier molecular flexibility index (Phi) is 4.05. The van der Waals surface area contributed by atoms with E-state index in [9.17, 15) is 8.42 Å². The molecule has 0 unspecified atom stereocenters. The standard InChI is InChI=1S/C22H17NO2S/c1-16-11-13-18(14-12-16)26(24,25)22-15-21(17-7-3-2-4-8-17)23-20-10-6-5-9-19(20)22/h2-15H,1H3. The molecule has 4 heteroatoms. The first-order valence-electron chi connectivity index (χ1n) is 8.33. The van der Waals surface area contributed by atoms with E-state index < -0.39 is 9.84 Å². The number of rotatable bonds is 3. The molecule has 3 aromatic carbocycles. The first kappa shape index (κ1) is 16.5. The zero-order chi connectivity index (χ0) is 18.1. The number of sulfone groups is 1. The number of aromatic nitrogens is 1. The third kappa shape index (κ3) is 2.89. The van der Waals surface area contributed by atoms with Gasteiger partial charge in [0.25, 0.3) is 0 Å². The Morgan fingerprint density at radius 2 is 1.42 bits per heavy atom. The van der Waals surface area contributed by atoms with Gasteiger partial charge in [0.2, 0.25) is 9.84 Å². The van der Waals surface area contributed by atoms with Crippen molar-refractivity contribution >= 4 is 20.7 Å². The second-order valence-electron chi connectivity index (χ2n) is 6.21. The van der Waals surface area contributed by atoms with Crippen molar-refractivity contribution in [2.75, 3.05) is 0 Å². The molecule has 4 rings (SSSR count). The Morgan fingerprint density at radius 3 is 2.15 bits per heavy atom. The molecule has 1 heterocycles. The molecule has 26 heavy (non-hydrogen) atoms. The van der Waals surface area contributed by atoms with Gasteiger partial charge in [-0.15, -0.1) is 0 Å². The smallest absolute Gasteiger partial charge is 0.207 e. The average Bonchev–Trinajstić information content (AvgIpc) is 2.68. The second kappa shape index (κ2) is 6.39. The molecule has 0 bridgehead atoms. The molecule has 0 radical (unpaired) electrons. The number of nitrogens with zero attached hydrogens (tertiary/aromatic N) is 1. The van der Waals surface area contributed by atoms with Gasteiger partial charge >= 0.3 is 0 Å². The van der Waals surface area contributed by atoms with Crippen LogP contribution in [0.1, 0.15) is 5.56 Å². The molecule has 0 aliphatic carbocycles. The Labute approximate surface area is 152 Å². The lowest BCUT2D eigenvalue weighted by Crippen LogP contribution is -2.04. The third-order valence-corrected chi connectivity index (χ3v) is 6.18. The summed E-state index contributed by atoms with van der Waals surface area (Å²) >= 11 is 0. The molecule has 0 atom stereocenters. The lowest BCUT2D eigenvalue weighted by molar-refractivity contribution is 0.597. The van der Waals surface area contributed by atoms with Crippen LogP contribution in [-0.2, 0) is 9.84 Å². The Balaban J connectivity index is 2.00. The molecule has 0 saturated heterocycles. The molecule has 0 N–H and O–H groups in total. The predicted molar refractivity (Wildman–Crippen MR) is 104 cm³/mol. The van der Waals surface area contributed by atoms with Crippen molar-refractivity contribution in [2.24, 2.45) is 0 Å². The molecule has 0 aliphatic heterocycles. The number of aryl methyl sites for hydroxylation is 1. The van der Waals surface area contributed by atoms with Crippen molar-refractivity contribution in [3.05, 3.63) is 90.5 Å². The average molecular weight is 359 g/mol. The molecular weight excluding hydrogens is 342 g/mol. The van der Waals surface area contributed by atoms with Crippen LogP contribution in [0.15, 0.2) is 94.7 Å². The van der Waals surface area contributed by atoms with E-state index in [2.05, 4.69) is 4.98 Å². The minimum Gasteiger partial charge on any atom is -0.248 e. The fourth-order valence-electron chi connectivity index (χ4n) is 2.97. The van der Waals surface area contributed by atoms with Crippen molar-refractivity contribution < 1.29 is 8.42 Å². The minimum atomic E-state index is -3.65. The van der Waals surface area contributed by atoms with E-state index in [4.69, 9.17) is 0 Å². The molecule has 4 aromatic rings. The van der Waals surface area contributed by atoms with Crippen molar-refractivity contribution in [3.63, 3.8) is 0 Å². The number of fused-ring (bicyclic) bond motifs is 1. The maximum absolute atomic E-state index is 13.3. The summed E-state index contributed by atoms with van der Waals surface area (Å²) in [6.45, 7) is 1.94. The molecule has 0 amide bonds. The van der Waals surface area contributed by atoms with Gasteiger partial charge in [-0.3, -0.25) is 0 Å². The zero-order valence-corrected chi connectivity index (χ0v) is 15.1. The Morgan fingerprint density at radius 1 is 0.769 bits per heavy atom. The Hall–Kier alpha value is -2.98. The third-order valence-electron chi connectivity index (χ3n) is 4.37. The minimum absolute atomic E-state index is 0.283. The number of hydrogen-bond acceptors (Lipinski definition) is 3. The van der Waals surface area contributed by atoms with Crippen LogP contribution in [0.3, 0.4) is 0 Å². The van der Waals surface area contributed by atoms with E-state index in [0.717, 1.165) is 11.1 Å². The van der Waals surface area contributed by atoms with Gasteiger partial charge in [0, 0.05) is 10.9 Å². The van der Waals surface area contributed by atoms with Crippen LogP contribution in [0.2, 0.25) is 0 Å². The highest BCUT2D eigenvalue weighted by Crippen LogP contribution is 2.31. The van der Waals surface area contributed by atoms with Crippen molar-refractivity contribution in [1.29, 1.82) is 0 Å². The molecule has 0 aliphatic rings. The van der Waals surface area contributed by atoms with Gasteiger partial charge in [0.1, 0.15) is 0 Å². The van der Waals surface area contributed by atoms with Crippen LogP contribution in [0.5, 0.6) is 0 Å². The lowest BCUT2D eigenvalue weighted by Gasteiger charge is -2.11. The zero-order valence-electron chi connectivity index (χ0n) is 14.3. The Bertz CT molecular complexity index is 1180. The van der Waals surface area contributed by atoms with Gasteiger partial charge in [-0.2, -0.15) is 0 Å². The molecule has 0 spiro atoms. The molecule has 0 saturated carbocycles. The molecule has 0 fully saturated rings. The van der Waals surface area contributed by atoms with Gasteiger partial charge in [-0.05, 0) is 31.2 Å². The van der Waals surface area contributed by atoms with Crippen LogP contribution in [0, 0.1) is 6.92 Å².